The molecule has 1 radical (unpaired) electrons. The molecule has 6 aromatic rings. The molecule has 1 unspecified atom stereocenters. The van der Waals surface area contributed by atoms with Crippen molar-refractivity contribution in [2.24, 2.45) is 0 Å². The molecule has 44 heavy (non-hydrogen) atoms. The first-order valence-corrected chi connectivity index (χ1v) is 15.3. The number of aromatic nitrogens is 1. The van der Waals surface area contributed by atoms with Crippen molar-refractivity contribution in [3.63, 3.8) is 0 Å². The molecule has 3 nitrogen and oxygen atoms in total. The predicted molar refractivity (Wildman–Crippen MR) is 180 cm³/mol. The van der Waals surface area contributed by atoms with Crippen LogP contribution in [0, 0.1) is 0 Å². The van der Waals surface area contributed by atoms with Crippen molar-refractivity contribution in [1.29, 1.82) is 0 Å². The summed E-state index contributed by atoms with van der Waals surface area (Å²) in [5.41, 5.74) is 11.7. The Labute approximate surface area is 259 Å². The minimum absolute atomic E-state index is 0.542. The molecule has 1 N–H and O–H groups in total. The topological polar surface area (TPSA) is 42.4 Å². The lowest BCUT2D eigenvalue weighted by Crippen LogP contribution is -2.49. The van der Waals surface area contributed by atoms with Gasteiger partial charge in [-0.15, -0.1) is 0 Å². The first kappa shape index (κ1) is 27.1. The van der Waals surface area contributed by atoms with Crippen LogP contribution < -0.4 is 5.46 Å². The van der Waals surface area contributed by atoms with Crippen LogP contribution in [0.2, 0.25) is 0 Å². The molecule has 1 atom stereocenters. The lowest BCUT2D eigenvalue weighted by Gasteiger charge is -2.37. The quantitative estimate of drug-likeness (QED) is 0.213. The molecule has 2 aliphatic rings. The molecular formula is C40H33BNO2. The summed E-state index contributed by atoms with van der Waals surface area (Å²) in [4.78, 5) is 5.33. The van der Waals surface area contributed by atoms with E-state index in [4.69, 9.17) is 9.64 Å². The zero-order chi connectivity index (χ0) is 30.3. The fourth-order valence-corrected chi connectivity index (χ4v) is 7.12. The van der Waals surface area contributed by atoms with Gasteiger partial charge in [-0.1, -0.05) is 121 Å². The maximum absolute atomic E-state index is 10.8. The average Bonchev–Trinajstić information content (AvgIpc) is 3.51. The van der Waals surface area contributed by atoms with Gasteiger partial charge in [-0.3, -0.25) is 0 Å². The largest absolute Gasteiger partial charge is 0.427 e. The van der Waals surface area contributed by atoms with E-state index in [9.17, 15) is 5.11 Å². The summed E-state index contributed by atoms with van der Waals surface area (Å²) in [5.74, 6) is 0. The van der Waals surface area contributed by atoms with Crippen molar-refractivity contribution in [2.75, 3.05) is 0 Å². The Morgan fingerprint density at radius 2 is 1.27 bits per heavy atom. The minimum atomic E-state index is -1.01. The second-order valence-corrected chi connectivity index (χ2v) is 13.0. The van der Waals surface area contributed by atoms with E-state index in [1.54, 1.807) is 21.3 Å². The van der Waals surface area contributed by atoms with Crippen molar-refractivity contribution in [1.82, 2.24) is 4.98 Å². The second-order valence-electron chi connectivity index (χ2n) is 13.0. The summed E-state index contributed by atoms with van der Waals surface area (Å²) in [7, 11) is 1.80. The molecule has 5 aromatic carbocycles. The standard InChI is InChI=1S/C40H33BNO2/c1-38(2,43)39(3,4)44-41-26-22-23-28-27-16-8-11-19-31(27)40(33(28)24-26)32-20-12-9-17-29(32)35-36(40)30-18-10-13-21-34(30)42-37(35)25-14-6-5-7-15-25/h5-24,43H,1-4H3. The summed E-state index contributed by atoms with van der Waals surface area (Å²) in [6.07, 6.45) is 0. The van der Waals surface area contributed by atoms with Crippen LogP contribution in [0.5, 0.6) is 0 Å². The van der Waals surface area contributed by atoms with E-state index in [1.807, 2.05) is 13.8 Å². The number of hydrogen-bond acceptors (Lipinski definition) is 3. The van der Waals surface area contributed by atoms with Gasteiger partial charge in [0, 0.05) is 16.5 Å². The first-order chi connectivity index (χ1) is 21.2. The van der Waals surface area contributed by atoms with E-state index >= 15 is 0 Å². The molecular weight excluding hydrogens is 537 g/mol. The number of pyridine rings is 1. The van der Waals surface area contributed by atoms with Gasteiger partial charge in [0.05, 0.1) is 27.8 Å². The maximum atomic E-state index is 10.8. The highest BCUT2D eigenvalue weighted by Crippen LogP contribution is 2.64. The molecule has 8 rings (SSSR count). The summed E-state index contributed by atoms with van der Waals surface area (Å²) in [6, 6.07) is 43.5. The van der Waals surface area contributed by atoms with Crippen molar-refractivity contribution < 1.29 is 9.76 Å². The van der Waals surface area contributed by atoms with Crippen LogP contribution in [0.15, 0.2) is 121 Å². The zero-order valence-electron chi connectivity index (χ0n) is 25.4. The monoisotopic (exact) mass is 570 g/mol. The van der Waals surface area contributed by atoms with E-state index in [1.165, 1.54) is 44.5 Å². The van der Waals surface area contributed by atoms with Gasteiger partial charge in [0.2, 0.25) is 0 Å². The van der Waals surface area contributed by atoms with E-state index in [2.05, 4.69) is 121 Å². The van der Waals surface area contributed by atoms with Crippen LogP contribution in [0.4, 0.5) is 0 Å². The number of aliphatic hydroxyl groups is 1. The zero-order valence-corrected chi connectivity index (χ0v) is 25.4. The highest BCUT2D eigenvalue weighted by atomic mass is 16.5. The summed E-state index contributed by atoms with van der Waals surface area (Å²) >= 11 is 0. The van der Waals surface area contributed by atoms with Gasteiger partial charge < -0.3 is 9.76 Å². The van der Waals surface area contributed by atoms with Crippen LogP contribution in [0.3, 0.4) is 0 Å². The number of para-hydroxylation sites is 1. The van der Waals surface area contributed by atoms with Crippen molar-refractivity contribution in [3.05, 3.63) is 144 Å². The molecule has 1 aromatic heterocycles. The molecule has 0 aliphatic heterocycles. The lowest BCUT2D eigenvalue weighted by atomic mass is 9.68. The Hall–Kier alpha value is -4.51. The van der Waals surface area contributed by atoms with Gasteiger partial charge in [-0.05, 0) is 72.7 Å². The molecule has 0 amide bonds. The van der Waals surface area contributed by atoms with Crippen LogP contribution in [-0.4, -0.2) is 28.8 Å². The SMILES string of the molecule is CC(C)(O)C(C)(C)O[B]c1ccc2c(c1)C1(c3ccccc3-2)c2ccccc2-c2c(-c3ccccc3)nc3ccccc3c21. The Bertz CT molecular complexity index is 2090. The van der Waals surface area contributed by atoms with Gasteiger partial charge in [0.15, 0.2) is 0 Å². The molecule has 0 bridgehead atoms. The van der Waals surface area contributed by atoms with E-state index in [0.717, 1.165) is 27.6 Å². The molecule has 2 aliphatic carbocycles. The average molecular weight is 571 g/mol. The molecule has 4 heteroatoms. The Morgan fingerprint density at radius 3 is 2.02 bits per heavy atom. The second kappa shape index (κ2) is 9.50. The Morgan fingerprint density at radius 1 is 0.659 bits per heavy atom. The summed E-state index contributed by atoms with van der Waals surface area (Å²) < 4.78 is 6.27. The molecule has 213 valence electrons. The van der Waals surface area contributed by atoms with Gasteiger partial charge in [-0.25, -0.2) is 4.98 Å². The van der Waals surface area contributed by atoms with E-state index in [-0.39, 0.29) is 0 Å². The molecule has 1 heterocycles. The number of benzene rings is 5. The fraction of sp³-hybridized carbons (Fsp3) is 0.175. The summed E-state index contributed by atoms with van der Waals surface area (Å²) in [6.45, 7) is 7.40. The highest BCUT2D eigenvalue weighted by molar-refractivity contribution is 6.47. The predicted octanol–water partition coefficient (Wildman–Crippen LogP) is 8.06. The van der Waals surface area contributed by atoms with Gasteiger partial charge in [0.1, 0.15) is 0 Å². The van der Waals surface area contributed by atoms with Crippen LogP contribution in [0.25, 0.3) is 44.4 Å². The third-order valence-electron chi connectivity index (χ3n) is 9.95. The minimum Gasteiger partial charge on any atom is -0.427 e. The number of fused-ring (bicyclic) bond motifs is 12. The fourth-order valence-electron chi connectivity index (χ4n) is 7.12. The third kappa shape index (κ3) is 3.68. The van der Waals surface area contributed by atoms with Crippen molar-refractivity contribution in [3.8, 4) is 33.5 Å². The van der Waals surface area contributed by atoms with E-state index in [0.29, 0.717) is 0 Å². The smallest absolute Gasteiger partial charge is 0.330 e. The Kier molecular flexibility index (Phi) is 5.84. The molecule has 0 fully saturated rings. The van der Waals surface area contributed by atoms with Gasteiger partial charge in [-0.2, -0.15) is 0 Å². The normalized spacial score (nSPS) is 16.5. The maximum Gasteiger partial charge on any atom is 0.330 e. The lowest BCUT2D eigenvalue weighted by molar-refractivity contribution is -0.0893. The summed E-state index contributed by atoms with van der Waals surface area (Å²) in [5, 5.41) is 11.9. The van der Waals surface area contributed by atoms with Crippen LogP contribution in [-0.2, 0) is 10.1 Å². The van der Waals surface area contributed by atoms with Crippen LogP contribution in [0.1, 0.15) is 49.9 Å². The van der Waals surface area contributed by atoms with Gasteiger partial charge in [0.25, 0.3) is 0 Å². The number of nitrogens with zero attached hydrogens (tertiary/aromatic N) is 1. The molecule has 0 saturated carbocycles. The number of hydrogen-bond donors (Lipinski definition) is 1. The van der Waals surface area contributed by atoms with Crippen molar-refractivity contribution >= 4 is 23.8 Å². The number of rotatable bonds is 5. The Balaban J connectivity index is 1.47. The van der Waals surface area contributed by atoms with Gasteiger partial charge >= 0.3 is 7.48 Å². The first-order valence-electron chi connectivity index (χ1n) is 15.3. The molecule has 0 saturated heterocycles. The van der Waals surface area contributed by atoms with Crippen molar-refractivity contribution in [2.45, 2.75) is 44.3 Å². The third-order valence-corrected chi connectivity index (χ3v) is 9.95. The highest BCUT2D eigenvalue weighted by Gasteiger charge is 2.53. The van der Waals surface area contributed by atoms with E-state index < -0.39 is 16.6 Å². The van der Waals surface area contributed by atoms with Crippen LogP contribution >= 0.6 is 0 Å². The molecule has 1 spiro atoms.